The first-order valence-electron chi connectivity index (χ1n) is 9.50. The predicted molar refractivity (Wildman–Crippen MR) is 104 cm³/mol. The summed E-state index contributed by atoms with van der Waals surface area (Å²) in [6, 6.07) is 5.20. The Bertz CT molecular complexity index is 886. The van der Waals surface area contributed by atoms with Gasteiger partial charge in [-0.1, -0.05) is 20.8 Å². The summed E-state index contributed by atoms with van der Waals surface area (Å²) in [7, 11) is 0. The predicted octanol–water partition coefficient (Wildman–Crippen LogP) is 1.57. The van der Waals surface area contributed by atoms with Gasteiger partial charge < -0.3 is 9.64 Å². The van der Waals surface area contributed by atoms with E-state index in [9.17, 15) is 9.59 Å². The lowest BCUT2D eigenvalue weighted by Gasteiger charge is -2.18. The molecule has 2 aromatic heterocycles. The van der Waals surface area contributed by atoms with Gasteiger partial charge in [0.2, 0.25) is 11.8 Å². The lowest BCUT2D eigenvalue weighted by Crippen LogP contribution is -2.35. The van der Waals surface area contributed by atoms with E-state index in [4.69, 9.17) is 4.74 Å². The average molecular weight is 385 g/mol. The van der Waals surface area contributed by atoms with Gasteiger partial charge in [0.05, 0.1) is 18.6 Å². The largest absolute Gasteiger partial charge is 0.476 e. The number of rotatable bonds is 5. The van der Waals surface area contributed by atoms with Gasteiger partial charge in [-0.25, -0.2) is 4.98 Å². The number of aromatic nitrogens is 4. The zero-order valence-corrected chi connectivity index (χ0v) is 16.9. The van der Waals surface area contributed by atoms with Crippen LogP contribution in [0.25, 0.3) is 0 Å². The van der Waals surface area contributed by atoms with Crippen LogP contribution in [0.2, 0.25) is 0 Å². The second-order valence-electron chi connectivity index (χ2n) is 8.31. The molecule has 8 nitrogen and oxygen atoms in total. The highest BCUT2D eigenvalue weighted by molar-refractivity contribution is 5.76. The molecular formula is C20H27N5O3. The van der Waals surface area contributed by atoms with Crippen molar-refractivity contribution in [2.24, 2.45) is 5.92 Å². The first kappa shape index (κ1) is 20.0. The van der Waals surface area contributed by atoms with Crippen molar-refractivity contribution in [1.29, 1.82) is 0 Å². The van der Waals surface area contributed by atoms with Gasteiger partial charge in [-0.05, 0) is 19.4 Å². The molecule has 0 saturated carbocycles. The first-order valence-corrected chi connectivity index (χ1v) is 9.50. The van der Waals surface area contributed by atoms with Crippen molar-refractivity contribution < 1.29 is 9.53 Å². The first-order chi connectivity index (χ1) is 13.2. The number of carbonyl (C=O) groups is 1. The van der Waals surface area contributed by atoms with E-state index in [1.807, 2.05) is 12.1 Å². The van der Waals surface area contributed by atoms with Crippen LogP contribution in [0.3, 0.4) is 0 Å². The van der Waals surface area contributed by atoms with Crippen molar-refractivity contribution in [3.63, 3.8) is 0 Å². The fraction of sp³-hybridized carbons (Fsp3) is 0.550. The second kappa shape index (κ2) is 8.08. The maximum atomic E-state index is 12.5. The van der Waals surface area contributed by atoms with Crippen LogP contribution in [0, 0.1) is 12.8 Å². The zero-order chi connectivity index (χ0) is 20.3. The molecule has 1 saturated heterocycles. The van der Waals surface area contributed by atoms with Crippen molar-refractivity contribution in [3.8, 4) is 5.88 Å². The summed E-state index contributed by atoms with van der Waals surface area (Å²) < 4.78 is 7.10. The molecule has 3 rings (SSSR count). The summed E-state index contributed by atoms with van der Waals surface area (Å²) in [5.41, 5.74) is 1.30. The van der Waals surface area contributed by atoms with E-state index in [-0.39, 0.29) is 29.3 Å². The highest BCUT2D eigenvalue weighted by Gasteiger charge is 2.27. The van der Waals surface area contributed by atoms with Crippen LogP contribution in [-0.2, 0) is 16.8 Å². The number of amides is 1. The summed E-state index contributed by atoms with van der Waals surface area (Å²) in [5.74, 6) is 0.653. The molecule has 0 spiro atoms. The van der Waals surface area contributed by atoms with Crippen molar-refractivity contribution in [3.05, 3.63) is 46.3 Å². The molecule has 8 heteroatoms. The molecule has 150 valence electrons. The van der Waals surface area contributed by atoms with E-state index in [1.165, 1.54) is 17.0 Å². The highest BCUT2D eigenvalue weighted by Crippen LogP contribution is 2.21. The van der Waals surface area contributed by atoms with Crippen molar-refractivity contribution in [1.82, 2.24) is 24.6 Å². The summed E-state index contributed by atoms with van der Waals surface area (Å²) in [5, 5.41) is 8.36. The van der Waals surface area contributed by atoms with Crippen molar-refractivity contribution >= 4 is 5.91 Å². The summed E-state index contributed by atoms with van der Waals surface area (Å²) >= 11 is 0. The lowest BCUT2D eigenvalue weighted by atomic mass is 9.92. The summed E-state index contributed by atoms with van der Waals surface area (Å²) in [6.07, 6.45) is 2.28. The van der Waals surface area contributed by atoms with Gasteiger partial charge in [0.15, 0.2) is 0 Å². The van der Waals surface area contributed by atoms with E-state index in [0.717, 1.165) is 12.1 Å². The van der Waals surface area contributed by atoms with Crippen LogP contribution in [0.4, 0.5) is 0 Å². The molecule has 0 aliphatic carbocycles. The molecule has 1 atom stereocenters. The van der Waals surface area contributed by atoms with Gasteiger partial charge in [0.25, 0.3) is 5.56 Å². The SMILES string of the molecule is Cc1cc(=O)n(CC(=O)N2CCC(COc3ccc(C(C)(C)C)nn3)C2)cn1. The van der Waals surface area contributed by atoms with Crippen LogP contribution < -0.4 is 10.3 Å². The maximum Gasteiger partial charge on any atom is 0.253 e. The Morgan fingerprint density at radius 2 is 2.07 bits per heavy atom. The summed E-state index contributed by atoms with van der Waals surface area (Å²) in [4.78, 5) is 30.2. The third-order valence-corrected chi connectivity index (χ3v) is 4.84. The number of carbonyl (C=O) groups excluding carboxylic acids is 1. The molecule has 1 unspecified atom stereocenters. The summed E-state index contributed by atoms with van der Waals surface area (Å²) in [6.45, 7) is 9.78. The number of hydrogen-bond acceptors (Lipinski definition) is 6. The highest BCUT2D eigenvalue weighted by atomic mass is 16.5. The Morgan fingerprint density at radius 3 is 2.71 bits per heavy atom. The topological polar surface area (TPSA) is 90.2 Å². The second-order valence-corrected chi connectivity index (χ2v) is 8.31. The lowest BCUT2D eigenvalue weighted by molar-refractivity contribution is -0.131. The number of likely N-dealkylation sites (tertiary alicyclic amines) is 1. The molecule has 0 bridgehead atoms. The van der Waals surface area contributed by atoms with Gasteiger partial charge in [-0.3, -0.25) is 14.2 Å². The van der Waals surface area contributed by atoms with E-state index >= 15 is 0 Å². The fourth-order valence-corrected chi connectivity index (χ4v) is 3.08. The van der Waals surface area contributed by atoms with Gasteiger partial charge in [0, 0.05) is 42.2 Å². The Balaban J connectivity index is 1.49. The fourth-order valence-electron chi connectivity index (χ4n) is 3.08. The minimum Gasteiger partial charge on any atom is -0.476 e. The van der Waals surface area contributed by atoms with E-state index in [1.54, 1.807) is 11.8 Å². The monoisotopic (exact) mass is 385 g/mol. The van der Waals surface area contributed by atoms with Crippen LogP contribution in [-0.4, -0.2) is 50.3 Å². The minimum absolute atomic E-state index is 0.0133. The number of aryl methyl sites for hydroxylation is 1. The molecule has 0 radical (unpaired) electrons. The van der Waals surface area contributed by atoms with Crippen LogP contribution >= 0.6 is 0 Å². The molecule has 2 aromatic rings. The van der Waals surface area contributed by atoms with Gasteiger partial charge in [-0.15, -0.1) is 5.10 Å². The van der Waals surface area contributed by atoms with Crippen LogP contribution in [0.1, 0.15) is 38.6 Å². The molecule has 1 amide bonds. The van der Waals surface area contributed by atoms with Gasteiger partial charge in [0.1, 0.15) is 6.54 Å². The van der Waals surface area contributed by atoms with Crippen molar-refractivity contribution in [2.75, 3.05) is 19.7 Å². The number of nitrogens with zero attached hydrogens (tertiary/aromatic N) is 5. The van der Waals surface area contributed by atoms with E-state index < -0.39 is 0 Å². The zero-order valence-electron chi connectivity index (χ0n) is 16.9. The molecule has 1 aliphatic rings. The molecule has 1 aliphatic heterocycles. The Hall–Kier alpha value is -2.77. The standard InChI is InChI=1S/C20H27N5O3/c1-14-9-18(26)25(13-21-14)11-19(27)24-8-7-15(10-24)12-28-17-6-5-16(22-23-17)20(2,3)4/h5-6,9,13,15H,7-8,10-12H2,1-4H3. The average Bonchev–Trinajstić information content (AvgIpc) is 3.11. The molecule has 1 fully saturated rings. The smallest absolute Gasteiger partial charge is 0.253 e. The van der Waals surface area contributed by atoms with E-state index in [0.29, 0.717) is 31.3 Å². The quantitative estimate of drug-likeness (QED) is 0.776. The normalized spacial score (nSPS) is 17.0. The number of ether oxygens (including phenoxy) is 1. The minimum atomic E-state index is -0.211. The molecule has 0 N–H and O–H groups in total. The number of hydrogen-bond donors (Lipinski definition) is 0. The van der Waals surface area contributed by atoms with Crippen LogP contribution in [0.15, 0.2) is 29.3 Å². The van der Waals surface area contributed by atoms with Crippen molar-refractivity contribution in [2.45, 2.75) is 46.1 Å². The maximum absolute atomic E-state index is 12.5. The Labute approximate surface area is 164 Å². The van der Waals surface area contributed by atoms with E-state index in [2.05, 4.69) is 36.0 Å². The molecule has 3 heterocycles. The molecular weight excluding hydrogens is 358 g/mol. The van der Waals surface area contributed by atoms with Crippen LogP contribution in [0.5, 0.6) is 5.88 Å². The third kappa shape index (κ3) is 4.94. The van der Waals surface area contributed by atoms with Gasteiger partial charge >= 0.3 is 0 Å². The Morgan fingerprint density at radius 1 is 1.29 bits per heavy atom. The third-order valence-electron chi connectivity index (χ3n) is 4.84. The Kier molecular flexibility index (Phi) is 5.76. The van der Waals surface area contributed by atoms with Gasteiger partial charge in [-0.2, -0.15) is 5.10 Å². The molecule has 28 heavy (non-hydrogen) atoms. The molecule has 0 aromatic carbocycles.